The molecule has 0 spiro atoms. The predicted octanol–water partition coefficient (Wildman–Crippen LogP) is 16.4. The second kappa shape index (κ2) is 20.4. The van der Waals surface area contributed by atoms with Crippen molar-refractivity contribution in [3.05, 3.63) is 192 Å². The van der Waals surface area contributed by atoms with Crippen LogP contribution in [0.4, 0.5) is 4.39 Å². The molecule has 0 aliphatic carbocycles. The van der Waals surface area contributed by atoms with Crippen LogP contribution in [0.1, 0.15) is 72.8 Å². The molecule has 1 radical (unpaired) electrons. The van der Waals surface area contributed by atoms with E-state index in [-0.39, 0.29) is 43.7 Å². The second-order valence-corrected chi connectivity index (χ2v) is 29.9. The van der Waals surface area contributed by atoms with Crippen LogP contribution in [0.25, 0.3) is 83.6 Å². The number of rotatable bonds is 10. The summed E-state index contributed by atoms with van der Waals surface area (Å²) in [4.78, 5) is 9.85. The molecule has 0 aliphatic rings. The maximum Gasteiger partial charge on any atom is 0 e. The van der Waals surface area contributed by atoms with E-state index in [2.05, 4.69) is 139 Å². The fourth-order valence-corrected chi connectivity index (χ4v) is 11.9. The summed E-state index contributed by atoms with van der Waals surface area (Å²) in [6, 6.07) is 56.9. The fraction of sp³-hybridized carbons (Fsp3) is 0.213. The van der Waals surface area contributed by atoms with Crippen molar-refractivity contribution >= 4 is 50.6 Å². The molecule has 0 amide bonds. The van der Waals surface area contributed by atoms with Gasteiger partial charge in [0, 0.05) is 31.2 Å². The quantitative estimate of drug-likeness (QED) is 0.101. The number of nitrogens with zero attached hydrogens (tertiary/aromatic N) is 3. The van der Waals surface area contributed by atoms with Crippen LogP contribution in [0.2, 0.25) is 17.3 Å². The summed E-state index contributed by atoms with van der Waals surface area (Å²) in [5, 5.41) is 1.99. The summed E-state index contributed by atoms with van der Waals surface area (Å²) in [6.07, 6.45) is 0.562. The summed E-state index contributed by atoms with van der Waals surface area (Å²) in [7, 11) is 0. The number of imidazole rings is 1. The molecule has 0 N–H and O–H groups in total. The van der Waals surface area contributed by atoms with Gasteiger partial charge in [-0.15, -0.1) is 23.8 Å². The zero-order valence-corrected chi connectivity index (χ0v) is 44.7. The normalized spacial score (nSPS) is 12.4. The minimum absolute atomic E-state index is 0. The Balaban J connectivity index is 0.000000242. The van der Waals surface area contributed by atoms with Gasteiger partial charge in [-0.3, -0.25) is 4.98 Å². The van der Waals surface area contributed by atoms with E-state index < -0.39 is 19.6 Å². The van der Waals surface area contributed by atoms with Crippen LogP contribution in [-0.2, 0) is 26.5 Å². The third kappa shape index (κ3) is 10.1. The molecule has 345 valence electrons. The Morgan fingerprint density at radius 1 is 0.662 bits per heavy atom. The number of halogens is 1. The van der Waals surface area contributed by atoms with Gasteiger partial charge in [0.25, 0.3) is 0 Å². The topological polar surface area (TPSA) is 43.9 Å². The molecule has 0 aliphatic heterocycles. The molecule has 0 saturated carbocycles. The van der Waals surface area contributed by atoms with Gasteiger partial charge in [0.2, 0.25) is 0 Å². The van der Waals surface area contributed by atoms with Crippen molar-refractivity contribution in [3.63, 3.8) is 0 Å². The average Bonchev–Trinajstić information content (AvgIpc) is 3.92. The first-order valence-electron chi connectivity index (χ1n) is 24.3. The van der Waals surface area contributed by atoms with E-state index in [0.717, 1.165) is 76.7 Å². The van der Waals surface area contributed by atoms with Crippen LogP contribution in [-0.4, -0.2) is 27.8 Å². The Bertz CT molecular complexity index is 3420. The van der Waals surface area contributed by atoms with E-state index in [1.165, 1.54) is 40.1 Å². The Kier molecular flexibility index (Phi) is 13.7. The molecule has 0 saturated heterocycles. The van der Waals surface area contributed by atoms with Gasteiger partial charge in [-0.1, -0.05) is 93.7 Å². The molecule has 3 aromatic heterocycles. The van der Waals surface area contributed by atoms with Crippen molar-refractivity contribution in [1.82, 2.24) is 14.5 Å². The predicted molar refractivity (Wildman–Crippen MR) is 282 cm³/mol. The average molecular weight is 1130 g/mol. The van der Waals surface area contributed by atoms with Crippen molar-refractivity contribution in [2.45, 2.75) is 77.0 Å². The minimum atomic E-state index is -2.20. The van der Waals surface area contributed by atoms with Crippen molar-refractivity contribution in [3.8, 4) is 50.6 Å². The van der Waals surface area contributed by atoms with E-state index in [9.17, 15) is 4.39 Å². The molecule has 10 aromatic rings. The van der Waals surface area contributed by atoms with E-state index in [4.69, 9.17) is 12.1 Å². The number of pyridine rings is 1. The van der Waals surface area contributed by atoms with Gasteiger partial charge in [-0.2, -0.15) is 0 Å². The monoisotopic (exact) mass is 1140 g/mol. The van der Waals surface area contributed by atoms with Crippen LogP contribution in [0.15, 0.2) is 162 Å². The van der Waals surface area contributed by atoms with Crippen molar-refractivity contribution in [2.24, 2.45) is 5.92 Å². The number of fused-ring (bicyclic) bond motifs is 4. The van der Waals surface area contributed by atoms with Gasteiger partial charge in [0.15, 0.2) is 0 Å². The summed E-state index contributed by atoms with van der Waals surface area (Å²) in [6.45, 7) is 13.0. The van der Waals surface area contributed by atoms with Gasteiger partial charge in [0.1, 0.15) is 11.4 Å². The van der Waals surface area contributed by atoms with Crippen LogP contribution >= 0.6 is 0 Å². The van der Waals surface area contributed by atoms with E-state index in [1.54, 1.807) is 0 Å². The van der Waals surface area contributed by atoms with Gasteiger partial charge < -0.3 is 8.98 Å². The Morgan fingerprint density at radius 2 is 1.31 bits per heavy atom. The van der Waals surface area contributed by atoms with Crippen molar-refractivity contribution in [2.75, 3.05) is 0 Å². The molecule has 10 rings (SSSR count). The smallest absolute Gasteiger partial charge is 0 e. The Hall–Kier alpha value is -5.92. The fourth-order valence-electron chi connectivity index (χ4n) is 8.90. The minimum Gasteiger partial charge on any atom is 0 e. The Labute approximate surface area is 420 Å². The molecular formula is C61H58FGeIrN3O-2. The van der Waals surface area contributed by atoms with Gasteiger partial charge >= 0.3 is 128 Å². The number of benzene rings is 7. The number of hydrogen-bond donors (Lipinski definition) is 0. The maximum absolute atomic E-state index is 13.7. The second-order valence-electron chi connectivity index (χ2n) is 19.3. The van der Waals surface area contributed by atoms with Crippen molar-refractivity contribution in [1.29, 1.82) is 0 Å². The van der Waals surface area contributed by atoms with Crippen LogP contribution in [0.3, 0.4) is 0 Å². The molecule has 3 heterocycles. The van der Waals surface area contributed by atoms with E-state index in [1.807, 2.05) is 86.8 Å². The zero-order valence-electron chi connectivity index (χ0n) is 42.2. The first-order chi connectivity index (χ1) is 33.0. The molecular weight excluding hydrogens is 1070 g/mol. The van der Waals surface area contributed by atoms with E-state index in [0.29, 0.717) is 0 Å². The molecule has 4 nitrogen and oxygen atoms in total. The standard InChI is InChI=1S/C43H34FN2O.C18H24GeN.Ir/c1-26(2)34-24-32(28-10-6-5-7-11-28)25-35(27(3)4)42(34)46-39-13-9-8-12-38(39)45-43(46)31-17-21-41-37(23-31)36-22-30(16-20-40(36)47-41)29-14-18-33(44)19-15-29;1-14(2)11-16-12-18(15-9-7-6-8-10-15)20-13-17(16)19(3,4)5;/h5-16,18-27H,1-4H3;6-9,12-14H,11H2,1-5H3;/q2*-1;/i;11D2;. The largest absolute Gasteiger partial charge is 0 e. The van der Waals surface area contributed by atoms with E-state index >= 15 is 0 Å². The van der Waals surface area contributed by atoms with Crippen LogP contribution < -0.4 is 4.40 Å². The third-order valence-electron chi connectivity index (χ3n) is 12.3. The molecule has 7 heteroatoms. The van der Waals surface area contributed by atoms with Gasteiger partial charge in [-0.25, -0.2) is 4.39 Å². The third-order valence-corrected chi connectivity index (χ3v) is 16.5. The SMILES string of the molecule is CC(C)c1cc(-c2ccccc2)cc(C(C)C)c1-n1c(-c2[c-]cc3oc4ccc(-c5ccc(F)cc5)cc4c3c2)nc2ccccc21.[2H]C([2H])(c1cc(-c2[c-]cccc2)nc[c]1[Ge]([CH3])([CH3])[CH3])C(C)C.[Ir]. The first-order valence-corrected chi connectivity index (χ1v) is 30.7. The van der Waals surface area contributed by atoms with Gasteiger partial charge in [-0.05, 0) is 93.7 Å². The summed E-state index contributed by atoms with van der Waals surface area (Å²) < 4.78 is 40.5. The number of aromatic nitrogens is 3. The Morgan fingerprint density at radius 3 is 1.97 bits per heavy atom. The summed E-state index contributed by atoms with van der Waals surface area (Å²) in [5.74, 6) is 7.91. The maximum atomic E-state index is 13.7. The molecule has 0 bridgehead atoms. The molecule has 7 aromatic carbocycles. The number of hydrogen-bond acceptors (Lipinski definition) is 3. The molecule has 0 unspecified atom stereocenters. The molecule has 0 fully saturated rings. The molecule has 68 heavy (non-hydrogen) atoms. The zero-order chi connectivity index (χ0) is 48.8. The van der Waals surface area contributed by atoms with Crippen LogP contribution in [0.5, 0.6) is 0 Å². The number of para-hydroxylation sites is 2. The van der Waals surface area contributed by atoms with Crippen molar-refractivity contribution < 1.29 is 31.7 Å². The first kappa shape index (κ1) is 45.8. The summed E-state index contributed by atoms with van der Waals surface area (Å²) in [5.41, 5.74) is 15.1. The molecule has 0 atom stereocenters. The summed E-state index contributed by atoms with van der Waals surface area (Å²) >= 11 is -2.20. The van der Waals surface area contributed by atoms with Crippen LogP contribution in [0, 0.1) is 23.9 Å². The number of furan rings is 1. The van der Waals surface area contributed by atoms with Gasteiger partial charge in [0.05, 0.1) is 22.4 Å².